The fraction of sp³-hybridized carbons (Fsp3) is 0.727. The van der Waals surface area contributed by atoms with E-state index >= 15 is 0 Å². The SMILES string of the molecule is Cc1nn(CN2CCC(O)(C(F)(F)F)CC2)cc1[N+](=O)[O-]. The van der Waals surface area contributed by atoms with Crippen LogP contribution in [0, 0.1) is 17.0 Å². The van der Waals surface area contributed by atoms with Crippen LogP contribution < -0.4 is 0 Å². The zero-order valence-corrected chi connectivity index (χ0v) is 11.3. The molecule has 0 aliphatic carbocycles. The fourth-order valence-electron chi connectivity index (χ4n) is 2.31. The minimum Gasteiger partial charge on any atom is -0.380 e. The molecule has 2 heterocycles. The van der Waals surface area contributed by atoms with Crippen molar-refractivity contribution >= 4 is 5.69 Å². The predicted molar refractivity (Wildman–Crippen MR) is 65.4 cm³/mol. The van der Waals surface area contributed by atoms with E-state index in [2.05, 4.69) is 5.10 Å². The molecule has 10 heteroatoms. The van der Waals surface area contributed by atoms with Gasteiger partial charge < -0.3 is 5.11 Å². The average Bonchev–Trinajstić information content (AvgIpc) is 2.72. The molecule has 1 aliphatic rings. The third-order valence-corrected chi connectivity index (χ3v) is 3.67. The van der Waals surface area contributed by atoms with E-state index in [4.69, 9.17) is 0 Å². The number of hydrogen-bond donors (Lipinski definition) is 1. The molecule has 0 amide bonds. The minimum absolute atomic E-state index is 0.0444. The van der Waals surface area contributed by atoms with Crippen molar-refractivity contribution < 1.29 is 23.2 Å². The highest BCUT2D eigenvalue weighted by atomic mass is 19.4. The number of halogens is 3. The lowest BCUT2D eigenvalue weighted by Gasteiger charge is -2.38. The minimum atomic E-state index is -4.64. The number of likely N-dealkylation sites (tertiary alicyclic amines) is 1. The van der Waals surface area contributed by atoms with Crippen LogP contribution in [-0.4, -0.2) is 49.6 Å². The summed E-state index contributed by atoms with van der Waals surface area (Å²) < 4.78 is 39.3. The zero-order valence-electron chi connectivity index (χ0n) is 11.3. The van der Waals surface area contributed by atoms with Gasteiger partial charge in [0.15, 0.2) is 5.60 Å². The van der Waals surface area contributed by atoms with Crippen molar-refractivity contribution in [1.29, 1.82) is 0 Å². The number of aromatic nitrogens is 2. The second-order valence-electron chi connectivity index (χ2n) is 5.19. The Bertz CT molecular complexity index is 535. The first-order valence-electron chi connectivity index (χ1n) is 6.32. The molecule has 1 saturated heterocycles. The Morgan fingerprint density at radius 3 is 2.48 bits per heavy atom. The van der Waals surface area contributed by atoms with Crippen molar-refractivity contribution in [2.75, 3.05) is 13.1 Å². The van der Waals surface area contributed by atoms with Crippen molar-refractivity contribution in [3.05, 3.63) is 22.0 Å². The molecule has 118 valence electrons. The number of hydrogen-bond acceptors (Lipinski definition) is 5. The average molecular weight is 308 g/mol. The molecular weight excluding hydrogens is 293 g/mol. The molecule has 1 aromatic heterocycles. The van der Waals surface area contributed by atoms with E-state index in [1.54, 1.807) is 4.90 Å². The molecule has 0 saturated carbocycles. The van der Waals surface area contributed by atoms with Crippen molar-refractivity contribution in [2.45, 2.75) is 38.2 Å². The number of alkyl halides is 3. The molecule has 0 radical (unpaired) electrons. The molecule has 1 fully saturated rings. The number of piperidine rings is 1. The molecule has 0 atom stereocenters. The second-order valence-corrected chi connectivity index (χ2v) is 5.19. The predicted octanol–water partition coefficient (Wildman–Crippen LogP) is 1.45. The maximum absolute atomic E-state index is 12.7. The van der Waals surface area contributed by atoms with Crippen LogP contribution in [0.15, 0.2) is 6.20 Å². The molecule has 1 aromatic rings. The second kappa shape index (κ2) is 5.26. The molecule has 1 N–H and O–H groups in total. The van der Waals surface area contributed by atoms with Gasteiger partial charge in [0.25, 0.3) is 0 Å². The summed E-state index contributed by atoms with van der Waals surface area (Å²) in [6, 6.07) is 0. The van der Waals surface area contributed by atoms with E-state index in [-0.39, 0.29) is 31.1 Å². The number of nitro groups is 1. The van der Waals surface area contributed by atoms with Crippen LogP contribution in [-0.2, 0) is 6.67 Å². The fourth-order valence-corrected chi connectivity index (χ4v) is 2.31. The summed E-state index contributed by atoms with van der Waals surface area (Å²) >= 11 is 0. The van der Waals surface area contributed by atoms with E-state index in [1.165, 1.54) is 17.8 Å². The van der Waals surface area contributed by atoms with Gasteiger partial charge in [-0.05, 0) is 19.8 Å². The van der Waals surface area contributed by atoms with Gasteiger partial charge in [-0.15, -0.1) is 0 Å². The van der Waals surface area contributed by atoms with Crippen LogP contribution in [0.2, 0.25) is 0 Å². The molecular formula is C11H15F3N4O3. The van der Waals surface area contributed by atoms with Gasteiger partial charge in [0, 0.05) is 13.1 Å². The van der Waals surface area contributed by atoms with Gasteiger partial charge in [-0.1, -0.05) is 0 Å². The zero-order chi connectivity index (χ0) is 15.8. The largest absolute Gasteiger partial charge is 0.417 e. The molecule has 21 heavy (non-hydrogen) atoms. The Kier molecular flexibility index (Phi) is 3.93. The van der Waals surface area contributed by atoms with Gasteiger partial charge in [0.2, 0.25) is 0 Å². The summed E-state index contributed by atoms with van der Waals surface area (Å²) in [4.78, 5) is 11.8. The number of aryl methyl sites for hydroxylation is 1. The maximum Gasteiger partial charge on any atom is 0.417 e. The monoisotopic (exact) mass is 308 g/mol. The van der Waals surface area contributed by atoms with E-state index in [9.17, 15) is 28.4 Å². The highest BCUT2D eigenvalue weighted by Gasteiger charge is 2.54. The molecule has 2 rings (SSSR count). The topological polar surface area (TPSA) is 84.4 Å². The quantitative estimate of drug-likeness (QED) is 0.675. The van der Waals surface area contributed by atoms with Gasteiger partial charge in [-0.2, -0.15) is 18.3 Å². The van der Waals surface area contributed by atoms with Crippen LogP contribution in [0.3, 0.4) is 0 Å². The summed E-state index contributed by atoms with van der Waals surface area (Å²) in [5.74, 6) is 0. The normalized spacial score (nSPS) is 19.7. The third-order valence-electron chi connectivity index (χ3n) is 3.67. The summed E-state index contributed by atoms with van der Waals surface area (Å²) in [7, 11) is 0. The van der Waals surface area contributed by atoms with Gasteiger partial charge in [0.05, 0.1) is 11.6 Å². The molecule has 0 bridgehead atoms. The highest BCUT2D eigenvalue weighted by Crippen LogP contribution is 2.38. The van der Waals surface area contributed by atoms with E-state index in [0.717, 1.165) is 0 Å². The van der Waals surface area contributed by atoms with Gasteiger partial charge in [0.1, 0.15) is 11.9 Å². The Morgan fingerprint density at radius 1 is 1.48 bits per heavy atom. The first kappa shape index (κ1) is 15.7. The summed E-state index contributed by atoms with van der Waals surface area (Å²) in [6.45, 7) is 1.74. The van der Waals surface area contributed by atoms with Crippen LogP contribution in [0.5, 0.6) is 0 Å². The first-order valence-corrected chi connectivity index (χ1v) is 6.32. The Morgan fingerprint density at radius 2 is 2.05 bits per heavy atom. The summed E-state index contributed by atoms with van der Waals surface area (Å²) in [5, 5.41) is 24.2. The van der Waals surface area contributed by atoms with E-state index < -0.39 is 29.5 Å². The van der Waals surface area contributed by atoms with Crippen molar-refractivity contribution in [2.24, 2.45) is 0 Å². The Hall–Kier alpha value is -1.68. The van der Waals surface area contributed by atoms with Crippen LogP contribution in [0.1, 0.15) is 18.5 Å². The van der Waals surface area contributed by atoms with Gasteiger partial charge in [-0.25, -0.2) is 0 Å². The lowest BCUT2D eigenvalue weighted by Crippen LogP contribution is -2.53. The summed E-state index contributed by atoms with van der Waals surface area (Å²) in [5.41, 5.74) is -2.52. The van der Waals surface area contributed by atoms with Crippen LogP contribution in [0.4, 0.5) is 18.9 Å². The Labute approximate surface area is 118 Å². The smallest absolute Gasteiger partial charge is 0.380 e. The van der Waals surface area contributed by atoms with Gasteiger partial charge in [-0.3, -0.25) is 19.7 Å². The van der Waals surface area contributed by atoms with E-state index in [1.807, 2.05) is 0 Å². The maximum atomic E-state index is 12.7. The third kappa shape index (κ3) is 3.16. The first-order chi connectivity index (χ1) is 9.62. The highest BCUT2D eigenvalue weighted by molar-refractivity contribution is 5.30. The molecule has 7 nitrogen and oxygen atoms in total. The Balaban J connectivity index is 1.98. The molecule has 0 spiro atoms. The number of aliphatic hydroxyl groups is 1. The van der Waals surface area contributed by atoms with Crippen molar-refractivity contribution in [1.82, 2.24) is 14.7 Å². The molecule has 1 aliphatic heterocycles. The van der Waals surface area contributed by atoms with Crippen molar-refractivity contribution in [3.8, 4) is 0 Å². The van der Waals surface area contributed by atoms with Crippen molar-refractivity contribution in [3.63, 3.8) is 0 Å². The lowest BCUT2D eigenvalue weighted by molar-refractivity contribution is -0.385. The summed E-state index contributed by atoms with van der Waals surface area (Å²) in [6.07, 6.45) is -4.22. The standard InChI is InChI=1S/C11H15F3N4O3/c1-8-9(18(20)21)6-17(15-8)7-16-4-2-10(19,3-5-16)11(12,13)14/h6,19H,2-5,7H2,1H3. The van der Waals surface area contributed by atoms with Gasteiger partial charge >= 0.3 is 11.9 Å². The molecule has 0 aromatic carbocycles. The van der Waals surface area contributed by atoms with Crippen LogP contribution >= 0.6 is 0 Å². The van der Waals surface area contributed by atoms with E-state index in [0.29, 0.717) is 0 Å². The number of nitrogens with zero attached hydrogens (tertiary/aromatic N) is 4. The van der Waals surface area contributed by atoms with Crippen LogP contribution in [0.25, 0.3) is 0 Å². The lowest BCUT2D eigenvalue weighted by atomic mass is 9.91. The number of rotatable bonds is 3. The molecule has 0 unspecified atom stereocenters.